The normalized spacial score (nSPS) is 11.9. The first-order chi connectivity index (χ1) is 8.84. The van der Waals surface area contributed by atoms with E-state index in [9.17, 15) is 8.42 Å². The molecule has 0 saturated carbocycles. The maximum Gasteiger partial charge on any atom is 0.243 e. The number of hydrogen-bond donors (Lipinski definition) is 0. The molecule has 1 rings (SSSR count). The molecule has 0 radical (unpaired) electrons. The number of aryl methyl sites for hydroxylation is 1. The van der Waals surface area contributed by atoms with Crippen LogP contribution < -0.4 is 4.74 Å². The molecule has 0 bridgehead atoms. The van der Waals surface area contributed by atoms with E-state index in [1.54, 1.807) is 20.0 Å². The Hall–Kier alpha value is -0.780. The lowest BCUT2D eigenvalue weighted by molar-refractivity contribution is 0.414. The van der Waals surface area contributed by atoms with Gasteiger partial charge in [0.05, 0.1) is 17.0 Å². The van der Waals surface area contributed by atoms with E-state index in [0.29, 0.717) is 22.9 Å². The van der Waals surface area contributed by atoms with Crippen LogP contribution in [0.1, 0.15) is 25.3 Å². The van der Waals surface area contributed by atoms with Gasteiger partial charge in [0.1, 0.15) is 5.75 Å². The van der Waals surface area contributed by atoms with Gasteiger partial charge < -0.3 is 4.74 Å². The largest absolute Gasteiger partial charge is 0.495 e. The fourth-order valence-corrected chi connectivity index (χ4v) is 3.48. The minimum atomic E-state index is -3.50. The first-order valence-corrected chi connectivity index (χ1v) is 7.96. The van der Waals surface area contributed by atoms with Crippen LogP contribution in [-0.2, 0) is 10.0 Å². The van der Waals surface area contributed by atoms with Gasteiger partial charge in [-0.1, -0.05) is 24.9 Å². The van der Waals surface area contributed by atoms with E-state index in [2.05, 4.69) is 0 Å². The van der Waals surface area contributed by atoms with Crippen molar-refractivity contribution in [2.24, 2.45) is 0 Å². The van der Waals surface area contributed by atoms with Crippen molar-refractivity contribution < 1.29 is 13.2 Å². The number of sulfonamides is 1. The smallest absolute Gasteiger partial charge is 0.243 e. The summed E-state index contributed by atoms with van der Waals surface area (Å²) >= 11 is 6.01. The Morgan fingerprint density at radius 3 is 2.53 bits per heavy atom. The van der Waals surface area contributed by atoms with Crippen LogP contribution in [0.3, 0.4) is 0 Å². The Labute approximate surface area is 120 Å². The molecule has 0 N–H and O–H groups in total. The van der Waals surface area contributed by atoms with Gasteiger partial charge in [-0.2, -0.15) is 0 Å². The summed E-state index contributed by atoms with van der Waals surface area (Å²) in [5.74, 6) is 0.481. The van der Waals surface area contributed by atoms with E-state index in [-0.39, 0.29) is 4.90 Å². The van der Waals surface area contributed by atoms with Crippen LogP contribution in [0.15, 0.2) is 17.0 Å². The van der Waals surface area contributed by atoms with Gasteiger partial charge in [-0.25, -0.2) is 12.7 Å². The van der Waals surface area contributed by atoms with Gasteiger partial charge in [0, 0.05) is 13.6 Å². The Morgan fingerprint density at radius 1 is 1.37 bits per heavy atom. The molecule has 6 heteroatoms. The SMILES string of the molecule is CCCCN(C)S(=O)(=O)c1cc(Cl)c(OC)cc1C. The molecule has 0 unspecified atom stereocenters. The summed E-state index contributed by atoms with van der Waals surface area (Å²) in [7, 11) is -0.408. The molecule has 0 heterocycles. The Bertz CT molecular complexity index is 543. The molecule has 108 valence electrons. The summed E-state index contributed by atoms with van der Waals surface area (Å²) < 4.78 is 31.3. The molecular formula is C13H20ClNO3S. The topological polar surface area (TPSA) is 46.6 Å². The van der Waals surface area contributed by atoms with E-state index in [1.807, 2.05) is 6.92 Å². The van der Waals surface area contributed by atoms with E-state index >= 15 is 0 Å². The fourth-order valence-electron chi connectivity index (χ4n) is 1.74. The summed E-state index contributed by atoms with van der Waals surface area (Å²) in [4.78, 5) is 0.233. The number of benzene rings is 1. The van der Waals surface area contributed by atoms with E-state index in [4.69, 9.17) is 16.3 Å². The molecule has 19 heavy (non-hydrogen) atoms. The zero-order valence-electron chi connectivity index (χ0n) is 11.7. The van der Waals surface area contributed by atoms with Crippen molar-refractivity contribution in [1.82, 2.24) is 4.31 Å². The Kier molecular flexibility index (Phi) is 5.64. The minimum Gasteiger partial charge on any atom is -0.495 e. The van der Waals surface area contributed by atoms with Crippen LogP contribution in [0.2, 0.25) is 5.02 Å². The van der Waals surface area contributed by atoms with Gasteiger partial charge >= 0.3 is 0 Å². The Morgan fingerprint density at radius 2 is 2.00 bits per heavy atom. The molecule has 1 aromatic carbocycles. The van der Waals surface area contributed by atoms with Gasteiger partial charge in [0.2, 0.25) is 10.0 Å². The number of unbranched alkanes of at least 4 members (excludes halogenated alkanes) is 1. The number of nitrogens with zero attached hydrogens (tertiary/aromatic N) is 1. The second-order valence-corrected chi connectivity index (χ2v) is 6.85. The van der Waals surface area contributed by atoms with Crippen molar-refractivity contribution in [2.45, 2.75) is 31.6 Å². The van der Waals surface area contributed by atoms with Crippen LogP contribution in [0.25, 0.3) is 0 Å². The first kappa shape index (κ1) is 16.3. The third-order valence-electron chi connectivity index (χ3n) is 2.96. The summed E-state index contributed by atoms with van der Waals surface area (Å²) in [5, 5.41) is 0.301. The predicted molar refractivity (Wildman–Crippen MR) is 77.5 cm³/mol. The van der Waals surface area contributed by atoms with E-state index in [0.717, 1.165) is 12.8 Å². The molecule has 0 spiro atoms. The third-order valence-corrected chi connectivity index (χ3v) is 5.26. The summed E-state index contributed by atoms with van der Waals surface area (Å²) in [6.07, 6.45) is 1.78. The van der Waals surface area contributed by atoms with Crippen molar-refractivity contribution in [2.75, 3.05) is 20.7 Å². The van der Waals surface area contributed by atoms with E-state index < -0.39 is 10.0 Å². The number of ether oxygens (including phenoxy) is 1. The molecule has 0 aliphatic rings. The molecular weight excluding hydrogens is 286 g/mol. The quantitative estimate of drug-likeness (QED) is 0.811. The molecule has 4 nitrogen and oxygen atoms in total. The number of hydrogen-bond acceptors (Lipinski definition) is 3. The van der Waals surface area contributed by atoms with Crippen LogP contribution in [0, 0.1) is 6.92 Å². The number of halogens is 1. The second-order valence-electron chi connectivity index (χ2n) is 4.43. The monoisotopic (exact) mass is 305 g/mol. The molecule has 0 fully saturated rings. The number of rotatable bonds is 6. The van der Waals surface area contributed by atoms with Crippen LogP contribution >= 0.6 is 11.6 Å². The van der Waals surface area contributed by atoms with Crippen molar-refractivity contribution >= 4 is 21.6 Å². The number of methoxy groups -OCH3 is 1. The Balaban J connectivity index is 3.18. The lowest BCUT2D eigenvalue weighted by Gasteiger charge is -2.19. The standard InChI is InChI=1S/C13H20ClNO3S/c1-5-6-7-15(3)19(16,17)13-9-11(14)12(18-4)8-10(13)2/h8-9H,5-7H2,1-4H3. The van der Waals surface area contributed by atoms with Crippen molar-refractivity contribution in [3.05, 3.63) is 22.7 Å². The van der Waals surface area contributed by atoms with Crippen molar-refractivity contribution in [3.8, 4) is 5.75 Å². The molecule has 0 aromatic heterocycles. The van der Waals surface area contributed by atoms with Crippen LogP contribution in [-0.4, -0.2) is 33.4 Å². The van der Waals surface area contributed by atoms with Gasteiger partial charge in [-0.15, -0.1) is 0 Å². The van der Waals surface area contributed by atoms with Crippen molar-refractivity contribution in [1.29, 1.82) is 0 Å². The van der Waals surface area contributed by atoms with Crippen molar-refractivity contribution in [3.63, 3.8) is 0 Å². The maximum atomic E-state index is 12.4. The summed E-state index contributed by atoms with van der Waals surface area (Å²) in [6.45, 7) is 4.26. The van der Waals surface area contributed by atoms with Gasteiger partial charge in [-0.3, -0.25) is 0 Å². The highest BCUT2D eigenvalue weighted by Crippen LogP contribution is 2.31. The second kappa shape index (κ2) is 6.59. The molecule has 0 atom stereocenters. The molecule has 0 saturated heterocycles. The van der Waals surface area contributed by atoms with E-state index in [1.165, 1.54) is 17.5 Å². The predicted octanol–water partition coefficient (Wildman–Crippen LogP) is 3.08. The highest BCUT2D eigenvalue weighted by Gasteiger charge is 2.23. The van der Waals surface area contributed by atoms with Gasteiger partial charge in [0.15, 0.2) is 0 Å². The summed E-state index contributed by atoms with van der Waals surface area (Å²) in [5.41, 5.74) is 0.629. The molecule has 0 aliphatic carbocycles. The third kappa shape index (κ3) is 3.61. The fraction of sp³-hybridized carbons (Fsp3) is 0.538. The van der Waals surface area contributed by atoms with Crippen LogP contribution in [0.4, 0.5) is 0 Å². The first-order valence-electron chi connectivity index (χ1n) is 6.15. The molecule has 0 amide bonds. The van der Waals surface area contributed by atoms with Gasteiger partial charge in [0.25, 0.3) is 0 Å². The lowest BCUT2D eigenvalue weighted by Crippen LogP contribution is -2.28. The zero-order valence-corrected chi connectivity index (χ0v) is 13.3. The molecule has 1 aromatic rings. The van der Waals surface area contributed by atoms with Crippen LogP contribution in [0.5, 0.6) is 5.75 Å². The molecule has 0 aliphatic heterocycles. The van der Waals surface area contributed by atoms with Gasteiger partial charge in [-0.05, 0) is 31.0 Å². The highest BCUT2D eigenvalue weighted by molar-refractivity contribution is 7.89. The average molecular weight is 306 g/mol. The lowest BCUT2D eigenvalue weighted by atomic mass is 10.2. The summed E-state index contributed by atoms with van der Waals surface area (Å²) in [6, 6.07) is 3.09. The highest BCUT2D eigenvalue weighted by atomic mass is 35.5. The minimum absolute atomic E-state index is 0.233. The zero-order chi connectivity index (χ0) is 14.6. The maximum absolute atomic E-state index is 12.4. The average Bonchev–Trinajstić information content (AvgIpc) is 2.37.